The molecule has 1 aliphatic carbocycles. The molecule has 1 aromatic heterocycles. The van der Waals surface area contributed by atoms with Crippen molar-refractivity contribution in [3.8, 4) is 23.1 Å². The zero-order chi connectivity index (χ0) is 26.9. The van der Waals surface area contributed by atoms with Crippen LogP contribution in [-0.2, 0) is 9.59 Å². The molecule has 0 atom stereocenters. The number of rotatable bonds is 8. The number of anilines is 2. The Morgan fingerprint density at radius 2 is 1.45 bits per heavy atom. The van der Waals surface area contributed by atoms with Gasteiger partial charge in [-0.1, -0.05) is 0 Å². The van der Waals surface area contributed by atoms with Crippen molar-refractivity contribution in [2.75, 3.05) is 24.9 Å². The molecule has 1 fully saturated rings. The van der Waals surface area contributed by atoms with Crippen molar-refractivity contribution < 1.29 is 32.6 Å². The van der Waals surface area contributed by atoms with Gasteiger partial charge < -0.3 is 24.8 Å². The molecule has 0 spiro atoms. The number of nitrogens with one attached hydrogen (secondary N) is 2. The zero-order valence-corrected chi connectivity index (χ0v) is 20.4. The minimum absolute atomic E-state index is 0.0982. The molecule has 1 aliphatic rings. The second-order valence-corrected chi connectivity index (χ2v) is 8.65. The molecule has 38 heavy (non-hydrogen) atoms. The van der Waals surface area contributed by atoms with Gasteiger partial charge in [-0.25, -0.2) is 18.7 Å². The summed E-state index contributed by atoms with van der Waals surface area (Å²) in [5.74, 6) is -1.40. The monoisotopic (exact) mass is 520 g/mol. The van der Waals surface area contributed by atoms with Crippen LogP contribution in [0.25, 0.3) is 10.9 Å². The first-order chi connectivity index (χ1) is 18.3. The first-order valence-corrected chi connectivity index (χ1v) is 11.6. The molecular weight excluding hydrogens is 498 g/mol. The van der Waals surface area contributed by atoms with Gasteiger partial charge in [-0.3, -0.25) is 9.59 Å². The van der Waals surface area contributed by atoms with Crippen LogP contribution >= 0.6 is 0 Å². The second kappa shape index (κ2) is 9.92. The Morgan fingerprint density at radius 3 is 2.08 bits per heavy atom. The third kappa shape index (κ3) is 4.77. The Balaban J connectivity index is 1.31. The summed E-state index contributed by atoms with van der Waals surface area (Å²) in [7, 11) is 2.99. The van der Waals surface area contributed by atoms with Crippen molar-refractivity contribution in [3.63, 3.8) is 0 Å². The van der Waals surface area contributed by atoms with E-state index in [-0.39, 0.29) is 17.3 Å². The molecule has 9 nitrogen and oxygen atoms in total. The van der Waals surface area contributed by atoms with Crippen LogP contribution in [0.2, 0.25) is 0 Å². The molecule has 11 heteroatoms. The molecule has 3 aromatic carbocycles. The summed E-state index contributed by atoms with van der Waals surface area (Å²) in [5, 5.41) is 5.70. The van der Waals surface area contributed by atoms with Crippen LogP contribution < -0.4 is 24.8 Å². The molecule has 5 rings (SSSR count). The lowest BCUT2D eigenvalue weighted by molar-refractivity contribution is -0.131. The Bertz CT molecular complexity index is 1540. The normalized spacial score (nSPS) is 13.5. The predicted molar refractivity (Wildman–Crippen MR) is 134 cm³/mol. The van der Waals surface area contributed by atoms with Crippen molar-refractivity contribution in [2.24, 2.45) is 5.41 Å². The molecule has 194 valence electrons. The second-order valence-electron chi connectivity index (χ2n) is 8.65. The van der Waals surface area contributed by atoms with Crippen LogP contribution in [-0.4, -0.2) is 36.0 Å². The quantitative estimate of drug-likeness (QED) is 0.312. The highest BCUT2D eigenvalue weighted by Crippen LogP contribution is 2.47. The Hall–Kier alpha value is -4.80. The molecule has 0 bridgehead atoms. The summed E-state index contributed by atoms with van der Waals surface area (Å²) < 4.78 is 44.4. The van der Waals surface area contributed by atoms with Gasteiger partial charge >= 0.3 is 0 Å². The minimum Gasteiger partial charge on any atom is -0.493 e. The van der Waals surface area contributed by atoms with Crippen molar-refractivity contribution in [2.45, 2.75) is 12.8 Å². The number of amides is 2. The summed E-state index contributed by atoms with van der Waals surface area (Å²) >= 11 is 0. The zero-order valence-electron chi connectivity index (χ0n) is 20.4. The SMILES string of the molecule is COc1cc2ncnc(Oc3ccc(NC(=O)C4(C(=O)Nc5ccc(F)cc5)CC4)cc3F)c2cc1OC. The van der Waals surface area contributed by atoms with Gasteiger partial charge in [-0.2, -0.15) is 0 Å². The van der Waals surface area contributed by atoms with Crippen molar-refractivity contribution in [1.29, 1.82) is 0 Å². The van der Waals surface area contributed by atoms with Gasteiger partial charge in [0.15, 0.2) is 23.1 Å². The van der Waals surface area contributed by atoms with Crippen LogP contribution in [0.1, 0.15) is 12.8 Å². The van der Waals surface area contributed by atoms with Crippen molar-refractivity contribution in [3.05, 3.63) is 72.6 Å². The molecule has 0 saturated heterocycles. The number of carbonyl (C=O) groups is 2. The van der Waals surface area contributed by atoms with Crippen LogP contribution in [0.4, 0.5) is 20.2 Å². The van der Waals surface area contributed by atoms with Crippen molar-refractivity contribution >= 4 is 34.1 Å². The largest absolute Gasteiger partial charge is 0.493 e. The van der Waals surface area contributed by atoms with Crippen LogP contribution in [0.3, 0.4) is 0 Å². The van der Waals surface area contributed by atoms with Gasteiger partial charge in [0.1, 0.15) is 17.6 Å². The minimum atomic E-state index is -1.28. The van der Waals surface area contributed by atoms with E-state index in [1.807, 2.05) is 0 Å². The average Bonchev–Trinajstić information content (AvgIpc) is 3.73. The molecule has 0 unspecified atom stereocenters. The number of hydrogen-bond donors (Lipinski definition) is 2. The first-order valence-electron chi connectivity index (χ1n) is 11.6. The standard InChI is InChI=1S/C27H22F2N4O5/c1-36-22-12-18-20(13-23(22)37-2)30-14-31-24(18)38-21-8-7-17(11-19(21)29)33-26(35)27(9-10-27)25(34)32-16-5-3-15(28)4-6-16/h3-8,11-14H,9-10H2,1-2H3,(H,32,34)(H,33,35). The van der Waals surface area contributed by atoms with Crippen molar-refractivity contribution in [1.82, 2.24) is 9.97 Å². The van der Waals surface area contributed by atoms with E-state index >= 15 is 0 Å². The maximum atomic E-state index is 15.0. The predicted octanol–water partition coefficient (Wildman–Crippen LogP) is 5.07. The fourth-order valence-corrected chi connectivity index (χ4v) is 3.92. The Morgan fingerprint density at radius 1 is 0.816 bits per heavy atom. The van der Waals surface area contributed by atoms with Gasteiger partial charge in [0.05, 0.1) is 25.1 Å². The number of methoxy groups -OCH3 is 2. The molecule has 1 saturated carbocycles. The number of aromatic nitrogens is 2. The Kier molecular flexibility index (Phi) is 6.50. The Labute approximate surface area is 215 Å². The van der Waals surface area contributed by atoms with E-state index in [0.29, 0.717) is 40.9 Å². The summed E-state index contributed by atoms with van der Waals surface area (Å²) in [6, 6.07) is 12.4. The topological polar surface area (TPSA) is 112 Å². The number of benzene rings is 3. The van der Waals surface area contributed by atoms with Gasteiger partial charge in [-0.05, 0) is 55.3 Å². The highest BCUT2D eigenvalue weighted by molar-refractivity contribution is 6.16. The van der Waals surface area contributed by atoms with E-state index in [1.165, 1.54) is 56.9 Å². The van der Waals surface area contributed by atoms with E-state index in [9.17, 15) is 18.4 Å². The number of hydrogen-bond acceptors (Lipinski definition) is 7. The molecule has 4 aromatic rings. The van der Waals surface area contributed by atoms with Crippen LogP contribution in [0.5, 0.6) is 23.1 Å². The highest BCUT2D eigenvalue weighted by Gasteiger charge is 2.56. The summed E-state index contributed by atoms with van der Waals surface area (Å²) in [4.78, 5) is 34.0. The summed E-state index contributed by atoms with van der Waals surface area (Å²) in [6.45, 7) is 0. The van der Waals surface area contributed by atoms with Gasteiger partial charge in [0.2, 0.25) is 17.7 Å². The fourth-order valence-electron chi connectivity index (χ4n) is 3.92. The number of ether oxygens (including phenoxy) is 3. The van der Waals surface area contributed by atoms with Crippen LogP contribution in [0.15, 0.2) is 60.9 Å². The maximum absolute atomic E-state index is 15.0. The smallest absolute Gasteiger partial charge is 0.240 e. The lowest BCUT2D eigenvalue weighted by Gasteiger charge is -2.16. The molecular formula is C27H22F2N4O5. The molecule has 2 amide bonds. The highest BCUT2D eigenvalue weighted by atomic mass is 19.1. The van der Waals surface area contributed by atoms with E-state index in [2.05, 4.69) is 20.6 Å². The number of halogens is 2. The maximum Gasteiger partial charge on any atom is 0.240 e. The number of fused-ring (bicyclic) bond motifs is 1. The van der Waals surface area contributed by atoms with Gasteiger partial charge in [0.25, 0.3) is 0 Å². The molecule has 1 heterocycles. The van der Waals surface area contributed by atoms with Crippen LogP contribution in [0, 0.1) is 17.0 Å². The van der Waals surface area contributed by atoms with E-state index in [1.54, 1.807) is 12.1 Å². The lowest BCUT2D eigenvalue weighted by atomic mass is 10.0. The average molecular weight is 520 g/mol. The van der Waals surface area contributed by atoms with Gasteiger partial charge in [0, 0.05) is 23.5 Å². The summed E-state index contributed by atoms with van der Waals surface area (Å²) in [6.07, 6.45) is 1.96. The van der Waals surface area contributed by atoms with Gasteiger partial charge in [-0.15, -0.1) is 0 Å². The molecule has 0 radical (unpaired) electrons. The molecule has 0 aliphatic heterocycles. The first kappa shape index (κ1) is 24.9. The number of nitrogens with zero attached hydrogens (tertiary/aromatic N) is 2. The third-order valence-electron chi connectivity index (χ3n) is 6.22. The summed E-state index contributed by atoms with van der Waals surface area (Å²) in [5.41, 5.74) is -0.249. The third-order valence-corrected chi connectivity index (χ3v) is 6.22. The van der Waals surface area contributed by atoms with E-state index in [4.69, 9.17) is 14.2 Å². The van der Waals surface area contributed by atoms with E-state index < -0.39 is 28.9 Å². The van der Waals surface area contributed by atoms with E-state index in [0.717, 1.165) is 6.07 Å². The molecule has 2 N–H and O–H groups in total. The number of carbonyl (C=O) groups excluding carboxylic acids is 2. The lowest BCUT2D eigenvalue weighted by Crippen LogP contribution is -2.35. The fraction of sp³-hybridized carbons (Fsp3) is 0.185.